The number of benzene rings is 1. The zero-order valence-corrected chi connectivity index (χ0v) is 17.3. The standard InChI is InChI=1S/C22H22FN5OS/c1-27-12-9-15(14-27)21-20(18-4-2-3-11-24-18)26-22(30)28(21)13-10-19(29)25-17-7-5-16(23)6-8-17/h2-9,11-12,14,20-21H,10,13H2,1H3,(H,25,29)(H,26,30)/t20-,21-/m0/s1. The number of amides is 1. The number of halogens is 1. The maximum Gasteiger partial charge on any atom is 0.226 e. The van der Waals surface area contributed by atoms with E-state index in [9.17, 15) is 9.18 Å². The molecule has 1 aromatic carbocycles. The quantitative estimate of drug-likeness (QED) is 0.594. The summed E-state index contributed by atoms with van der Waals surface area (Å²) in [6.45, 7) is 0.446. The third-order valence-corrected chi connectivity index (χ3v) is 5.45. The lowest BCUT2D eigenvalue weighted by Crippen LogP contribution is -2.32. The first-order valence-electron chi connectivity index (χ1n) is 9.66. The molecule has 1 aliphatic heterocycles. The highest BCUT2D eigenvalue weighted by Crippen LogP contribution is 2.38. The van der Waals surface area contributed by atoms with Gasteiger partial charge in [-0.05, 0) is 60.2 Å². The molecular weight excluding hydrogens is 401 g/mol. The molecule has 1 aliphatic rings. The minimum absolute atomic E-state index is 0.0766. The van der Waals surface area contributed by atoms with Crippen LogP contribution in [0.4, 0.5) is 10.1 Å². The summed E-state index contributed by atoms with van der Waals surface area (Å²) >= 11 is 5.60. The van der Waals surface area contributed by atoms with Gasteiger partial charge < -0.3 is 20.1 Å². The molecule has 2 atom stereocenters. The second kappa shape index (κ2) is 8.62. The minimum atomic E-state index is -0.340. The molecule has 1 fully saturated rings. The molecule has 6 nitrogen and oxygen atoms in total. The predicted octanol–water partition coefficient (Wildman–Crippen LogP) is 3.56. The maximum atomic E-state index is 13.1. The Bertz CT molecular complexity index is 1040. The first-order valence-corrected chi connectivity index (χ1v) is 10.1. The number of carbonyl (C=O) groups is 1. The van der Waals surface area contributed by atoms with Crippen LogP contribution in [0.2, 0.25) is 0 Å². The summed E-state index contributed by atoms with van der Waals surface area (Å²) in [5.41, 5.74) is 2.56. The second-order valence-electron chi connectivity index (χ2n) is 7.24. The van der Waals surface area contributed by atoms with Crippen molar-refractivity contribution in [2.24, 2.45) is 7.05 Å². The smallest absolute Gasteiger partial charge is 0.226 e. The fraction of sp³-hybridized carbons (Fsp3) is 0.227. The first kappa shape index (κ1) is 20.0. The fourth-order valence-electron chi connectivity index (χ4n) is 3.69. The molecule has 8 heteroatoms. The van der Waals surface area contributed by atoms with Crippen LogP contribution in [0.25, 0.3) is 0 Å². The van der Waals surface area contributed by atoms with Gasteiger partial charge in [0.25, 0.3) is 0 Å². The van der Waals surface area contributed by atoms with Gasteiger partial charge in [-0.1, -0.05) is 6.07 Å². The Labute approximate surface area is 179 Å². The summed E-state index contributed by atoms with van der Waals surface area (Å²) in [4.78, 5) is 19.0. The monoisotopic (exact) mass is 423 g/mol. The van der Waals surface area contributed by atoms with Crippen LogP contribution in [0.3, 0.4) is 0 Å². The maximum absolute atomic E-state index is 13.1. The molecule has 1 amide bonds. The Morgan fingerprint density at radius 3 is 2.70 bits per heavy atom. The summed E-state index contributed by atoms with van der Waals surface area (Å²) in [7, 11) is 1.97. The number of rotatable bonds is 6. The summed E-state index contributed by atoms with van der Waals surface area (Å²) in [5.74, 6) is -0.495. The van der Waals surface area contributed by atoms with E-state index in [0.29, 0.717) is 17.3 Å². The topological polar surface area (TPSA) is 62.2 Å². The summed E-state index contributed by atoms with van der Waals surface area (Å²) in [6, 6.07) is 13.4. The molecule has 4 rings (SSSR count). The number of aryl methyl sites for hydroxylation is 1. The number of aromatic nitrogens is 2. The number of hydrogen-bond acceptors (Lipinski definition) is 3. The van der Waals surface area contributed by atoms with E-state index < -0.39 is 0 Å². The number of anilines is 1. The van der Waals surface area contributed by atoms with Crippen molar-refractivity contribution in [3.8, 4) is 0 Å². The summed E-state index contributed by atoms with van der Waals surface area (Å²) in [5, 5.41) is 6.76. The summed E-state index contributed by atoms with van der Waals surface area (Å²) in [6.07, 6.45) is 6.06. The molecule has 0 aliphatic carbocycles. The zero-order valence-electron chi connectivity index (χ0n) is 16.5. The normalized spacial score (nSPS) is 18.3. The van der Waals surface area contributed by atoms with Gasteiger partial charge in [-0.2, -0.15) is 0 Å². The van der Waals surface area contributed by atoms with Gasteiger partial charge in [0.15, 0.2) is 5.11 Å². The third kappa shape index (κ3) is 4.33. The molecule has 30 heavy (non-hydrogen) atoms. The van der Waals surface area contributed by atoms with Gasteiger partial charge in [-0.25, -0.2) is 4.39 Å². The van der Waals surface area contributed by atoms with Crippen LogP contribution in [-0.4, -0.2) is 32.0 Å². The van der Waals surface area contributed by atoms with E-state index in [1.807, 2.05) is 40.9 Å². The van der Waals surface area contributed by atoms with E-state index in [1.165, 1.54) is 12.1 Å². The van der Waals surface area contributed by atoms with Crippen LogP contribution in [0.15, 0.2) is 67.1 Å². The van der Waals surface area contributed by atoms with E-state index in [-0.39, 0.29) is 30.2 Å². The van der Waals surface area contributed by atoms with Crippen molar-refractivity contribution in [1.82, 2.24) is 19.8 Å². The van der Waals surface area contributed by atoms with E-state index in [1.54, 1.807) is 18.3 Å². The lowest BCUT2D eigenvalue weighted by atomic mass is 9.99. The number of carbonyl (C=O) groups excluding carboxylic acids is 1. The van der Waals surface area contributed by atoms with E-state index >= 15 is 0 Å². The Hall–Kier alpha value is -3.26. The first-order chi connectivity index (χ1) is 14.5. The van der Waals surface area contributed by atoms with Gasteiger partial charge in [0.1, 0.15) is 5.82 Å². The van der Waals surface area contributed by atoms with Crippen LogP contribution in [0.5, 0.6) is 0 Å². The molecule has 154 valence electrons. The van der Waals surface area contributed by atoms with E-state index in [0.717, 1.165) is 11.3 Å². The molecule has 0 unspecified atom stereocenters. The number of pyridine rings is 1. The molecule has 0 spiro atoms. The van der Waals surface area contributed by atoms with Crippen LogP contribution >= 0.6 is 12.2 Å². The largest absolute Gasteiger partial charge is 0.357 e. The minimum Gasteiger partial charge on any atom is -0.357 e. The molecule has 0 bridgehead atoms. The lowest BCUT2D eigenvalue weighted by Gasteiger charge is -2.27. The Kier molecular flexibility index (Phi) is 5.76. The third-order valence-electron chi connectivity index (χ3n) is 5.10. The van der Waals surface area contributed by atoms with Crippen molar-refractivity contribution in [2.75, 3.05) is 11.9 Å². The number of nitrogens with zero attached hydrogens (tertiary/aromatic N) is 3. The van der Waals surface area contributed by atoms with E-state index in [2.05, 4.69) is 27.9 Å². The Balaban J connectivity index is 1.51. The molecule has 3 heterocycles. The van der Waals surface area contributed by atoms with Crippen molar-refractivity contribution >= 4 is 28.9 Å². The molecule has 2 aromatic heterocycles. The number of thiocarbonyl (C=S) groups is 1. The molecule has 0 radical (unpaired) electrons. The average molecular weight is 424 g/mol. The van der Waals surface area contributed by atoms with Gasteiger partial charge >= 0.3 is 0 Å². The highest BCUT2D eigenvalue weighted by Gasteiger charge is 2.40. The van der Waals surface area contributed by atoms with E-state index in [4.69, 9.17) is 12.2 Å². The van der Waals surface area contributed by atoms with Gasteiger partial charge in [0.2, 0.25) is 5.91 Å². The average Bonchev–Trinajstić information content (AvgIpc) is 3.31. The van der Waals surface area contributed by atoms with Gasteiger partial charge in [0, 0.05) is 44.3 Å². The Morgan fingerprint density at radius 2 is 2.03 bits per heavy atom. The molecule has 2 N–H and O–H groups in total. The molecule has 3 aromatic rings. The van der Waals surface area contributed by atoms with Crippen molar-refractivity contribution in [1.29, 1.82) is 0 Å². The van der Waals surface area contributed by atoms with Crippen molar-refractivity contribution < 1.29 is 9.18 Å². The van der Waals surface area contributed by atoms with Crippen molar-refractivity contribution in [3.63, 3.8) is 0 Å². The Morgan fingerprint density at radius 1 is 1.23 bits per heavy atom. The SMILES string of the molecule is Cn1ccc([C@H]2[C@H](c3ccccn3)NC(=S)N2CCC(=O)Nc2ccc(F)cc2)c1. The van der Waals surface area contributed by atoms with Crippen molar-refractivity contribution in [3.05, 3.63) is 84.2 Å². The predicted molar refractivity (Wildman–Crippen MR) is 117 cm³/mol. The number of nitrogens with one attached hydrogen (secondary N) is 2. The molecule has 1 saturated heterocycles. The lowest BCUT2D eigenvalue weighted by molar-refractivity contribution is -0.116. The van der Waals surface area contributed by atoms with Crippen LogP contribution in [0, 0.1) is 5.82 Å². The second-order valence-corrected chi connectivity index (χ2v) is 7.62. The van der Waals surface area contributed by atoms with Crippen LogP contribution in [-0.2, 0) is 11.8 Å². The van der Waals surface area contributed by atoms with Gasteiger partial charge in [0.05, 0.1) is 17.8 Å². The highest BCUT2D eigenvalue weighted by atomic mass is 32.1. The highest BCUT2D eigenvalue weighted by molar-refractivity contribution is 7.80. The number of hydrogen-bond donors (Lipinski definition) is 2. The van der Waals surface area contributed by atoms with Gasteiger partial charge in [-0.3, -0.25) is 9.78 Å². The zero-order chi connectivity index (χ0) is 21.1. The van der Waals surface area contributed by atoms with Gasteiger partial charge in [-0.15, -0.1) is 0 Å². The van der Waals surface area contributed by atoms with Crippen LogP contribution in [0.1, 0.15) is 29.8 Å². The summed E-state index contributed by atoms with van der Waals surface area (Å²) < 4.78 is 15.0. The molecular formula is C22H22FN5OS. The molecule has 0 saturated carbocycles. The van der Waals surface area contributed by atoms with Crippen LogP contribution < -0.4 is 10.6 Å². The fourth-order valence-corrected chi connectivity index (χ4v) is 4.02. The van der Waals surface area contributed by atoms with Crippen molar-refractivity contribution in [2.45, 2.75) is 18.5 Å².